The van der Waals surface area contributed by atoms with Crippen LogP contribution < -0.4 is 9.47 Å². The molecular weight excluding hydrogens is 216 g/mol. The van der Waals surface area contributed by atoms with Crippen LogP contribution in [-0.4, -0.2) is 25.9 Å². The lowest BCUT2D eigenvalue weighted by Crippen LogP contribution is -1.89. The molecule has 1 N–H and O–H groups in total. The van der Waals surface area contributed by atoms with Crippen molar-refractivity contribution < 1.29 is 14.6 Å². The molecule has 0 radical (unpaired) electrons. The minimum absolute atomic E-state index is 0.264. The Morgan fingerprint density at radius 2 is 2.00 bits per heavy atom. The maximum Gasteiger partial charge on any atom is 0.129 e. The van der Waals surface area contributed by atoms with Crippen molar-refractivity contribution in [3.63, 3.8) is 0 Å². The fourth-order valence-electron chi connectivity index (χ4n) is 1.54. The van der Waals surface area contributed by atoms with Gasteiger partial charge in [0, 0.05) is 18.2 Å². The molecule has 0 saturated heterocycles. The SMILES string of the molecule is COc1ccc(/C=C/CCCCO)c(OC)c1. The molecule has 1 aromatic rings. The highest BCUT2D eigenvalue weighted by molar-refractivity contribution is 5.59. The predicted octanol–water partition coefficient (Wildman–Crippen LogP) is 2.88. The molecule has 0 amide bonds. The van der Waals surface area contributed by atoms with Crippen molar-refractivity contribution in [1.29, 1.82) is 0 Å². The first-order chi connectivity index (χ1) is 8.31. The van der Waals surface area contributed by atoms with Crippen LogP contribution in [0.25, 0.3) is 6.08 Å². The largest absolute Gasteiger partial charge is 0.497 e. The van der Waals surface area contributed by atoms with Crippen LogP contribution in [0.4, 0.5) is 0 Å². The minimum atomic E-state index is 0.264. The van der Waals surface area contributed by atoms with Crippen LogP contribution in [0.1, 0.15) is 24.8 Å². The summed E-state index contributed by atoms with van der Waals surface area (Å²) in [6, 6.07) is 5.75. The lowest BCUT2D eigenvalue weighted by Gasteiger charge is -2.07. The monoisotopic (exact) mass is 236 g/mol. The summed E-state index contributed by atoms with van der Waals surface area (Å²) < 4.78 is 10.4. The number of benzene rings is 1. The van der Waals surface area contributed by atoms with Gasteiger partial charge in [-0.1, -0.05) is 12.2 Å². The van der Waals surface area contributed by atoms with Gasteiger partial charge >= 0.3 is 0 Å². The number of methoxy groups -OCH3 is 2. The summed E-state index contributed by atoms with van der Waals surface area (Å²) in [5.74, 6) is 1.60. The van der Waals surface area contributed by atoms with Gasteiger partial charge in [-0.25, -0.2) is 0 Å². The van der Waals surface area contributed by atoms with Gasteiger partial charge in [-0.05, 0) is 31.4 Å². The summed E-state index contributed by atoms with van der Waals surface area (Å²) in [5, 5.41) is 8.66. The van der Waals surface area contributed by atoms with E-state index in [0.29, 0.717) is 0 Å². The summed E-state index contributed by atoms with van der Waals surface area (Å²) in [6.45, 7) is 0.264. The first-order valence-electron chi connectivity index (χ1n) is 5.81. The number of unbranched alkanes of at least 4 members (excludes halogenated alkanes) is 2. The molecule has 0 bridgehead atoms. The smallest absolute Gasteiger partial charge is 0.129 e. The summed E-state index contributed by atoms with van der Waals surface area (Å²) in [5.41, 5.74) is 1.04. The molecule has 0 spiro atoms. The molecule has 1 rings (SSSR count). The van der Waals surface area contributed by atoms with Gasteiger partial charge < -0.3 is 14.6 Å². The van der Waals surface area contributed by atoms with Gasteiger partial charge in [0.25, 0.3) is 0 Å². The fraction of sp³-hybridized carbons (Fsp3) is 0.429. The van der Waals surface area contributed by atoms with Crippen LogP contribution in [0.15, 0.2) is 24.3 Å². The topological polar surface area (TPSA) is 38.7 Å². The van der Waals surface area contributed by atoms with E-state index in [9.17, 15) is 0 Å². The number of hydrogen-bond acceptors (Lipinski definition) is 3. The van der Waals surface area contributed by atoms with E-state index in [-0.39, 0.29) is 6.61 Å². The normalized spacial score (nSPS) is 10.8. The van der Waals surface area contributed by atoms with Crippen molar-refractivity contribution in [2.75, 3.05) is 20.8 Å². The fourth-order valence-corrected chi connectivity index (χ4v) is 1.54. The number of aliphatic hydroxyl groups excluding tert-OH is 1. The zero-order chi connectivity index (χ0) is 12.5. The third kappa shape index (κ3) is 4.49. The van der Waals surface area contributed by atoms with Crippen LogP contribution in [0.5, 0.6) is 11.5 Å². The molecule has 3 nitrogen and oxygen atoms in total. The van der Waals surface area contributed by atoms with Crippen LogP contribution in [-0.2, 0) is 0 Å². The van der Waals surface area contributed by atoms with E-state index >= 15 is 0 Å². The molecule has 17 heavy (non-hydrogen) atoms. The van der Waals surface area contributed by atoms with Gasteiger partial charge in [0.15, 0.2) is 0 Å². The van der Waals surface area contributed by atoms with Crippen molar-refractivity contribution >= 4 is 6.08 Å². The molecule has 3 heteroatoms. The maximum atomic E-state index is 8.66. The highest BCUT2D eigenvalue weighted by Gasteiger charge is 2.01. The van der Waals surface area contributed by atoms with E-state index in [1.54, 1.807) is 14.2 Å². The average molecular weight is 236 g/mol. The van der Waals surface area contributed by atoms with Crippen molar-refractivity contribution in [2.45, 2.75) is 19.3 Å². The van der Waals surface area contributed by atoms with E-state index in [0.717, 1.165) is 36.3 Å². The number of allylic oxidation sites excluding steroid dienone is 1. The molecule has 0 fully saturated rings. The summed E-state index contributed by atoms with van der Waals surface area (Å²) in [6.07, 6.45) is 6.96. The zero-order valence-corrected chi connectivity index (χ0v) is 10.5. The Hall–Kier alpha value is -1.48. The quantitative estimate of drug-likeness (QED) is 0.740. The minimum Gasteiger partial charge on any atom is -0.497 e. The van der Waals surface area contributed by atoms with Crippen LogP contribution in [0.3, 0.4) is 0 Å². The molecular formula is C14H20O3. The molecule has 0 aliphatic carbocycles. The average Bonchev–Trinajstić information content (AvgIpc) is 2.38. The summed E-state index contributed by atoms with van der Waals surface area (Å²) in [7, 11) is 3.29. The third-order valence-corrected chi connectivity index (χ3v) is 2.52. The van der Waals surface area contributed by atoms with Crippen LogP contribution >= 0.6 is 0 Å². The van der Waals surface area contributed by atoms with Crippen LogP contribution in [0.2, 0.25) is 0 Å². The lowest BCUT2D eigenvalue weighted by molar-refractivity contribution is 0.285. The molecule has 1 aromatic carbocycles. The molecule has 0 heterocycles. The second-order valence-electron chi connectivity index (χ2n) is 3.73. The Labute approximate surface area is 103 Å². The molecule has 0 unspecified atom stereocenters. The van der Waals surface area contributed by atoms with Crippen LogP contribution in [0, 0.1) is 0 Å². The van der Waals surface area contributed by atoms with E-state index in [4.69, 9.17) is 14.6 Å². The first kappa shape index (κ1) is 13.6. The number of rotatable bonds is 7. The van der Waals surface area contributed by atoms with Crippen molar-refractivity contribution in [3.05, 3.63) is 29.8 Å². The first-order valence-corrected chi connectivity index (χ1v) is 5.81. The summed E-state index contributed by atoms with van der Waals surface area (Å²) in [4.78, 5) is 0. The van der Waals surface area contributed by atoms with E-state index in [1.165, 1.54) is 0 Å². The Bertz CT molecular complexity index is 358. The molecule has 0 aliphatic rings. The Morgan fingerprint density at radius 3 is 2.65 bits per heavy atom. The van der Waals surface area contributed by atoms with E-state index < -0.39 is 0 Å². The highest BCUT2D eigenvalue weighted by Crippen LogP contribution is 2.25. The molecule has 0 atom stereocenters. The molecule has 94 valence electrons. The van der Waals surface area contributed by atoms with Gasteiger partial charge in [0.05, 0.1) is 14.2 Å². The number of hydrogen-bond donors (Lipinski definition) is 1. The standard InChI is InChI=1S/C14H20O3/c1-16-13-9-8-12(14(11-13)17-2)7-5-3-4-6-10-15/h5,7-9,11,15H,3-4,6,10H2,1-2H3/b7-5+. The molecule has 0 saturated carbocycles. The van der Waals surface area contributed by atoms with Gasteiger partial charge in [0.2, 0.25) is 0 Å². The highest BCUT2D eigenvalue weighted by atomic mass is 16.5. The summed E-state index contributed by atoms with van der Waals surface area (Å²) >= 11 is 0. The van der Waals surface area contributed by atoms with Gasteiger partial charge in [-0.3, -0.25) is 0 Å². The molecule has 0 aliphatic heterocycles. The molecule has 0 aromatic heterocycles. The van der Waals surface area contributed by atoms with Gasteiger partial charge in [0.1, 0.15) is 11.5 Å². The van der Waals surface area contributed by atoms with Gasteiger partial charge in [-0.2, -0.15) is 0 Å². The van der Waals surface area contributed by atoms with Crippen molar-refractivity contribution in [3.8, 4) is 11.5 Å². The number of aliphatic hydroxyl groups is 1. The maximum absolute atomic E-state index is 8.66. The second-order valence-corrected chi connectivity index (χ2v) is 3.73. The Balaban J connectivity index is 2.63. The van der Waals surface area contributed by atoms with E-state index in [1.807, 2.05) is 24.3 Å². The number of ether oxygens (including phenoxy) is 2. The van der Waals surface area contributed by atoms with Gasteiger partial charge in [-0.15, -0.1) is 0 Å². The second kappa shape index (κ2) is 7.74. The Morgan fingerprint density at radius 1 is 1.18 bits per heavy atom. The van der Waals surface area contributed by atoms with Crippen molar-refractivity contribution in [2.24, 2.45) is 0 Å². The Kier molecular flexibility index (Phi) is 6.18. The van der Waals surface area contributed by atoms with Crippen molar-refractivity contribution in [1.82, 2.24) is 0 Å². The predicted molar refractivity (Wildman–Crippen MR) is 69.5 cm³/mol. The van der Waals surface area contributed by atoms with E-state index in [2.05, 4.69) is 6.08 Å². The zero-order valence-electron chi connectivity index (χ0n) is 10.5. The third-order valence-electron chi connectivity index (χ3n) is 2.52. The lowest BCUT2D eigenvalue weighted by atomic mass is 10.1.